The molecule has 1 aromatic carbocycles. The predicted octanol–water partition coefficient (Wildman–Crippen LogP) is 3.82. The molecule has 1 heterocycles. The maximum atomic E-state index is 13.8. The van der Waals surface area contributed by atoms with Gasteiger partial charge in [-0.2, -0.15) is 0 Å². The lowest BCUT2D eigenvalue weighted by molar-refractivity contribution is 0.262. The van der Waals surface area contributed by atoms with Gasteiger partial charge in [-0.15, -0.1) is 0 Å². The fourth-order valence-electron chi connectivity index (χ4n) is 2.84. The zero-order valence-electron chi connectivity index (χ0n) is 11.5. The van der Waals surface area contributed by atoms with Crippen molar-refractivity contribution in [1.82, 2.24) is 9.55 Å². The van der Waals surface area contributed by atoms with E-state index in [9.17, 15) is 8.78 Å². The Morgan fingerprint density at radius 3 is 2.26 bits per heavy atom. The molecule has 5 heteroatoms. The standard InChI is InChI=1S/C14H19F2N3/c1-4-14(5-2,6-3)19-11-8-9(15)7-10(16)12(11)18-13(19)17/h7-8H,4-6H2,1-3H3,(H2,17,18). The summed E-state index contributed by atoms with van der Waals surface area (Å²) in [6.07, 6.45) is 2.48. The molecule has 0 unspecified atom stereocenters. The first-order valence-electron chi connectivity index (χ1n) is 6.62. The van der Waals surface area contributed by atoms with Gasteiger partial charge in [0.15, 0.2) is 5.82 Å². The number of imidazole rings is 1. The topological polar surface area (TPSA) is 43.8 Å². The number of anilines is 1. The minimum absolute atomic E-state index is 0.138. The van der Waals surface area contributed by atoms with E-state index in [2.05, 4.69) is 4.98 Å². The molecular weight excluding hydrogens is 248 g/mol. The predicted molar refractivity (Wildman–Crippen MR) is 72.9 cm³/mol. The Morgan fingerprint density at radius 1 is 1.16 bits per heavy atom. The summed E-state index contributed by atoms with van der Waals surface area (Å²) >= 11 is 0. The number of benzene rings is 1. The van der Waals surface area contributed by atoms with Crippen LogP contribution in [-0.2, 0) is 5.54 Å². The summed E-state index contributed by atoms with van der Waals surface area (Å²) in [5.74, 6) is -1.04. The van der Waals surface area contributed by atoms with Crippen molar-refractivity contribution in [2.45, 2.75) is 45.6 Å². The molecular formula is C14H19F2N3. The molecule has 0 saturated heterocycles. The fraction of sp³-hybridized carbons (Fsp3) is 0.500. The third-order valence-electron chi connectivity index (χ3n) is 4.15. The van der Waals surface area contributed by atoms with E-state index in [1.54, 1.807) is 4.57 Å². The first-order chi connectivity index (χ1) is 8.99. The first-order valence-corrected chi connectivity index (χ1v) is 6.62. The molecule has 0 amide bonds. The molecule has 0 aliphatic rings. The van der Waals surface area contributed by atoms with E-state index >= 15 is 0 Å². The largest absolute Gasteiger partial charge is 0.369 e. The molecule has 0 radical (unpaired) electrons. The second-order valence-corrected chi connectivity index (χ2v) is 4.85. The highest BCUT2D eigenvalue weighted by Gasteiger charge is 2.30. The summed E-state index contributed by atoms with van der Waals surface area (Å²) in [5.41, 5.74) is 6.27. The van der Waals surface area contributed by atoms with Gasteiger partial charge in [0.2, 0.25) is 5.95 Å². The Bertz CT molecular complexity index is 592. The Morgan fingerprint density at radius 2 is 1.74 bits per heavy atom. The smallest absolute Gasteiger partial charge is 0.201 e. The van der Waals surface area contributed by atoms with Gasteiger partial charge in [0.25, 0.3) is 0 Å². The third kappa shape index (κ3) is 1.97. The van der Waals surface area contributed by atoms with Crippen molar-refractivity contribution in [2.75, 3.05) is 5.73 Å². The SMILES string of the molecule is CCC(CC)(CC)n1c(N)nc2c(F)cc(F)cc21. The summed E-state index contributed by atoms with van der Waals surface area (Å²) in [7, 11) is 0. The second kappa shape index (κ2) is 4.79. The molecule has 0 atom stereocenters. The summed E-state index contributed by atoms with van der Waals surface area (Å²) < 4.78 is 29.0. The zero-order chi connectivity index (χ0) is 14.2. The zero-order valence-corrected chi connectivity index (χ0v) is 11.5. The Labute approximate surface area is 111 Å². The summed E-state index contributed by atoms with van der Waals surface area (Å²) in [6.45, 7) is 6.15. The number of rotatable bonds is 4. The number of aromatic nitrogens is 2. The van der Waals surface area contributed by atoms with Crippen LogP contribution < -0.4 is 5.73 Å². The van der Waals surface area contributed by atoms with Gasteiger partial charge in [0.1, 0.15) is 11.3 Å². The minimum atomic E-state index is -0.669. The van der Waals surface area contributed by atoms with Crippen molar-refractivity contribution in [3.63, 3.8) is 0 Å². The van der Waals surface area contributed by atoms with Gasteiger partial charge in [-0.05, 0) is 19.3 Å². The van der Waals surface area contributed by atoms with Gasteiger partial charge in [0, 0.05) is 17.7 Å². The molecule has 0 aliphatic heterocycles. The fourth-order valence-corrected chi connectivity index (χ4v) is 2.84. The molecule has 0 aliphatic carbocycles. The normalized spacial score (nSPS) is 12.3. The molecule has 104 valence electrons. The molecule has 2 aromatic rings. The van der Waals surface area contributed by atoms with Gasteiger partial charge in [-0.3, -0.25) is 0 Å². The van der Waals surface area contributed by atoms with Crippen LogP contribution in [0.5, 0.6) is 0 Å². The number of fused-ring (bicyclic) bond motifs is 1. The third-order valence-corrected chi connectivity index (χ3v) is 4.15. The lowest BCUT2D eigenvalue weighted by atomic mass is 9.89. The number of nitrogens with two attached hydrogens (primary N) is 1. The Hall–Kier alpha value is -1.65. The summed E-state index contributed by atoms with van der Waals surface area (Å²) in [6, 6.07) is 2.14. The van der Waals surface area contributed by atoms with Crippen LogP contribution in [0.4, 0.5) is 14.7 Å². The average Bonchev–Trinajstić information content (AvgIpc) is 2.71. The lowest BCUT2D eigenvalue weighted by Gasteiger charge is -2.33. The molecule has 3 nitrogen and oxygen atoms in total. The highest BCUT2D eigenvalue weighted by Crippen LogP contribution is 2.36. The van der Waals surface area contributed by atoms with Crippen molar-refractivity contribution in [3.05, 3.63) is 23.8 Å². The van der Waals surface area contributed by atoms with E-state index in [1.165, 1.54) is 6.07 Å². The first kappa shape index (κ1) is 13.8. The Balaban J connectivity index is 2.83. The monoisotopic (exact) mass is 267 g/mol. The van der Waals surface area contributed by atoms with E-state index in [0.717, 1.165) is 25.3 Å². The van der Waals surface area contributed by atoms with Crippen LogP contribution in [-0.4, -0.2) is 9.55 Å². The number of nitrogens with zero attached hydrogens (tertiary/aromatic N) is 2. The maximum Gasteiger partial charge on any atom is 0.201 e. The van der Waals surface area contributed by atoms with Crippen LogP contribution >= 0.6 is 0 Å². The van der Waals surface area contributed by atoms with E-state index < -0.39 is 11.6 Å². The maximum absolute atomic E-state index is 13.8. The number of hydrogen-bond acceptors (Lipinski definition) is 2. The molecule has 2 rings (SSSR count). The molecule has 1 aromatic heterocycles. The van der Waals surface area contributed by atoms with Crippen LogP contribution in [0, 0.1) is 11.6 Å². The molecule has 19 heavy (non-hydrogen) atoms. The van der Waals surface area contributed by atoms with Crippen molar-refractivity contribution in [2.24, 2.45) is 0 Å². The van der Waals surface area contributed by atoms with E-state index in [-0.39, 0.29) is 17.0 Å². The van der Waals surface area contributed by atoms with Crippen LogP contribution in [0.2, 0.25) is 0 Å². The lowest BCUT2D eigenvalue weighted by Crippen LogP contribution is -2.32. The van der Waals surface area contributed by atoms with Crippen LogP contribution in [0.15, 0.2) is 12.1 Å². The van der Waals surface area contributed by atoms with Gasteiger partial charge in [-0.1, -0.05) is 20.8 Å². The molecule has 0 fully saturated rings. The number of nitrogen functional groups attached to an aromatic ring is 1. The minimum Gasteiger partial charge on any atom is -0.369 e. The van der Waals surface area contributed by atoms with Crippen molar-refractivity contribution < 1.29 is 8.78 Å². The van der Waals surface area contributed by atoms with Crippen molar-refractivity contribution >= 4 is 17.0 Å². The van der Waals surface area contributed by atoms with Crippen LogP contribution in [0.3, 0.4) is 0 Å². The van der Waals surface area contributed by atoms with Crippen molar-refractivity contribution in [3.8, 4) is 0 Å². The molecule has 0 spiro atoms. The van der Waals surface area contributed by atoms with Gasteiger partial charge < -0.3 is 10.3 Å². The average molecular weight is 267 g/mol. The van der Waals surface area contributed by atoms with E-state index in [4.69, 9.17) is 5.73 Å². The molecule has 2 N–H and O–H groups in total. The highest BCUT2D eigenvalue weighted by atomic mass is 19.1. The van der Waals surface area contributed by atoms with Crippen LogP contribution in [0.1, 0.15) is 40.0 Å². The van der Waals surface area contributed by atoms with Gasteiger partial charge in [0.05, 0.1) is 5.52 Å². The summed E-state index contributed by atoms with van der Waals surface area (Å²) in [5, 5.41) is 0. The second-order valence-electron chi connectivity index (χ2n) is 4.85. The molecule has 0 saturated carbocycles. The Kier molecular flexibility index (Phi) is 3.47. The van der Waals surface area contributed by atoms with E-state index in [0.29, 0.717) is 5.52 Å². The summed E-state index contributed by atoms with van der Waals surface area (Å²) in [4.78, 5) is 4.06. The van der Waals surface area contributed by atoms with Crippen LogP contribution in [0.25, 0.3) is 11.0 Å². The van der Waals surface area contributed by atoms with Gasteiger partial charge in [-0.25, -0.2) is 13.8 Å². The molecule has 0 bridgehead atoms. The van der Waals surface area contributed by atoms with Gasteiger partial charge >= 0.3 is 0 Å². The quantitative estimate of drug-likeness (QED) is 0.915. The number of halogens is 2. The highest BCUT2D eigenvalue weighted by molar-refractivity contribution is 5.79. The van der Waals surface area contributed by atoms with Crippen molar-refractivity contribution in [1.29, 1.82) is 0 Å². The van der Waals surface area contributed by atoms with E-state index in [1.807, 2.05) is 20.8 Å². The number of hydrogen-bond donors (Lipinski definition) is 1.